The zero-order valence-electron chi connectivity index (χ0n) is 9.44. The van der Waals surface area contributed by atoms with E-state index in [1.165, 1.54) is 0 Å². The van der Waals surface area contributed by atoms with Crippen molar-refractivity contribution in [2.24, 2.45) is 0 Å². The van der Waals surface area contributed by atoms with Gasteiger partial charge in [-0.3, -0.25) is 0 Å². The third-order valence-corrected chi connectivity index (χ3v) is 3.03. The van der Waals surface area contributed by atoms with Gasteiger partial charge in [0.1, 0.15) is 5.75 Å². The fourth-order valence-corrected chi connectivity index (χ4v) is 2.08. The van der Waals surface area contributed by atoms with Crippen molar-refractivity contribution in [3.63, 3.8) is 0 Å². The van der Waals surface area contributed by atoms with Crippen LogP contribution in [0, 0.1) is 11.3 Å². The number of rotatable bonds is 3. The number of hydrogen-bond donors (Lipinski definition) is 0. The van der Waals surface area contributed by atoms with Gasteiger partial charge in [0.25, 0.3) is 0 Å². The Morgan fingerprint density at radius 3 is 2.38 bits per heavy atom. The van der Waals surface area contributed by atoms with E-state index in [0.29, 0.717) is 6.61 Å². The third-order valence-electron chi connectivity index (χ3n) is 3.03. The molecule has 0 fully saturated rings. The van der Waals surface area contributed by atoms with Crippen molar-refractivity contribution >= 4 is 0 Å². The largest absolute Gasteiger partial charge is 0.494 e. The lowest BCUT2D eigenvalue weighted by atomic mass is 9.80. The zero-order chi connectivity index (χ0) is 11.4. The summed E-state index contributed by atoms with van der Waals surface area (Å²) in [5, 5.41) is 9.32. The monoisotopic (exact) mass is 213 g/mol. The lowest BCUT2D eigenvalue weighted by Crippen LogP contribution is -2.19. The van der Waals surface area contributed by atoms with Gasteiger partial charge >= 0.3 is 0 Å². The summed E-state index contributed by atoms with van der Waals surface area (Å²) in [5.74, 6) is 0.866. The van der Waals surface area contributed by atoms with Crippen LogP contribution in [0.1, 0.15) is 25.3 Å². The topological polar surface area (TPSA) is 33.0 Å². The average Bonchev–Trinajstić information content (AvgIpc) is 2.80. The molecule has 0 bridgehead atoms. The molecule has 0 aromatic heterocycles. The normalized spacial score (nSPS) is 17.0. The molecule has 0 unspecified atom stereocenters. The van der Waals surface area contributed by atoms with Gasteiger partial charge in [-0.05, 0) is 37.5 Å². The van der Waals surface area contributed by atoms with E-state index in [2.05, 4.69) is 18.2 Å². The molecule has 0 amide bonds. The molecule has 0 N–H and O–H groups in total. The van der Waals surface area contributed by atoms with Crippen molar-refractivity contribution in [2.45, 2.75) is 25.2 Å². The summed E-state index contributed by atoms with van der Waals surface area (Å²) in [4.78, 5) is 0. The second-order valence-corrected chi connectivity index (χ2v) is 4.03. The molecule has 1 aromatic carbocycles. The Balaban J connectivity index is 2.24. The molecule has 0 spiro atoms. The van der Waals surface area contributed by atoms with Crippen molar-refractivity contribution in [3.05, 3.63) is 42.0 Å². The summed E-state index contributed by atoms with van der Waals surface area (Å²) < 4.78 is 5.39. The molecule has 0 saturated carbocycles. The zero-order valence-corrected chi connectivity index (χ0v) is 9.44. The van der Waals surface area contributed by atoms with Gasteiger partial charge in [-0.15, -0.1) is 0 Å². The lowest BCUT2D eigenvalue weighted by Gasteiger charge is -2.20. The summed E-state index contributed by atoms with van der Waals surface area (Å²) in [5.41, 5.74) is 0.744. The Labute approximate surface area is 96.2 Å². The molecule has 1 aromatic rings. The molecular weight excluding hydrogens is 198 g/mol. The van der Waals surface area contributed by atoms with Crippen LogP contribution < -0.4 is 4.74 Å². The van der Waals surface area contributed by atoms with Crippen LogP contribution in [0.4, 0.5) is 0 Å². The SMILES string of the molecule is CCOc1ccc(C2(C#N)CC=CC2)cc1. The van der Waals surface area contributed by atoms with Crippen LogP contribution in [0.3, 0.4) is 0 Å². The van der Waals surface area contributed by atoms with E-state index in [1.807, 2.05) is 31.2 Å². The second-order valence-electron chi connectivity index (χ2n) is 4.03. The highest BCUT2D eigenvalue weighted by atomic mass is 16.5. The van der Waals surface area contributed by atoms with E-state index in [4.69, 9.17) is 4.74 Å². The van der Waals surface area contributed by atoms with Crippen LogP contribution >= 0.6 is 0 Å². The first-order valence-electron chi connectivity index (χ1n) is 5.60. The molecule has 2 heteroatoms. The molecular formula is C14H15NO. The van der Waals surface area contributed by atoms with Gasteiger partial charge in [0.2, 0.25) is 0 Å². The van der Waals surface area contributed by atoms with Crippen LogP contribution in [0.5, 0.6) is 5.75 Å². The van der Waals surface area contributed by atoms with Gasteiger partial charge in [0.15, 0.2) is 0 Å². The quantitative estimate of drug-likeness (QED) is 0.722. The second kappa shape index (κ2) is 4.40. The molecule has 2 nitrogen and oxygen atoms in total. The van der Waals surface area contributed by atoms with E-state index in [-0.39, 0.29) is 5.41 Å². The Bertz CT molecular complexity index is 417. The molecule has 16 heavy (non-hydrogen) atoms. The number of hydrogen-bond acceptors (Lipinski definition) is 2. The third kappa shape index (κ3) is 1.81. The predicted octanol–water partition coefficient (Wildman–Crippen LogP) is 3.20. The molecule has 0 saturated heterocycles. The van der Waals surface area contributed by atoms with E-state index < -0.39 is 0 Å². The molecule has 1 aliphatic carbocycles. The van der Waals surface area contributed by atoms with Gasteiger partial charge in [-0.1, -0.05) is 24.3 Å². The van der Waals surface area contributed by atoms with Crippen LogP contribution in [-0.2, 0) is 5.41 Å². The van der Waals surface area contributed by atoms with Crippen LogP contribution in [-0.4, -0.2) is 6.61 Å². The first-order chi connectivity index (χ1) is 7.80. The minimum absolute atomic E-state index is 0.343. The highest BCUT2D eigenvalue weighted by molar-refractivity contribution is 5.40. The first kappa shape index (κ1) is 10.8. The Hall–Kier alpha value is -1.75. The number of allylic oxidation sites excluding steroid dienone is 2. The standard InChI is InChI=1S/C14H15NO/c1-2-16-13-7-5-12(6-8-13)14(11-15)9-3-4-10-14/h3-8H,2,9-10H2,1H3. The van der Waals surface area contributed by atoms with Crippen LogP contribution in [0.25, 0.3) is 0 Å². The van der Waals surface area contributed by atoms with Crippen molar-refractivity contribution in [1.29, 1.82) is 5.26 Å². The fourth-order valence-electron chi connectivity index (χ4n) is 2.08. The van der Waals surface area contributed by atoms with Gasteiger partial charge in [-0.25, -0.2) is 0 Å². The predicted molar refractivity (Wildman–Crippen MR) is 63.3 cm³/mol. The molecule has 0 radical (unpaired) electrons. The molecule has 2 rings (SSSR count). The molecule has 0 aliphatic heterocycles. The highest BCUT2D eigenvalue weighted by Crippen LogP contribution is 2.36. The lowest BCUT2D eigenvalue weighted by molar-refractivity contribution is 0.340. The Morgan fingerprint density at radius 1 is 1.25 bits per heavy atom. The maximum absolute atomic E-state index is 9.32. The minimum atomic E-state index is -0.343. The van der Waals surface area contributed by atoms with Crippen molar-refractivity contribution < 1.29 is 4.74 Å². The maximum atomic E-state index is 9.32. The average molecular weight is 213 g/mol. The van der Waals surface area contributed by atoms with Gasteiger partial charge in [-0.2, -0.15) is 5.26 Å². The highest BCUT2D eigenvalue weighted by Gasteiger charge is 2.32. The number of nitrogens with zero attached hydrogens (tertiary/aromatic N) is 1. The number of benzene rings is 1. The van der Waals surface area contributed by atoms with Gasteiger partial charge in [0, 0.05) is 0 Å². The molecule has 0 heterocycles. The number of nitriles is 1. The van der Waals surface area contributed by atoms with E-state index in [1.54, 1.807) is 0 Å². The smallest absolute Gasteiger partial charge is 0.119 e. The summed E-state index contributed by atoms with van der Waals surface area (Å²) in [6.45, 7) is 2.63. The van der Waals surface area contributed by atoms with Crippen molar-refractivity contribution in [1.82, 2.24) is 0 Å². The summed E-state index contributed by atoms with van der Waals surface area (Å²) in [7, 11) is 0. The summed E-state index contributed by atoms with van der Waals surface area (Å²) in [6.07, 6.45) is 5.80. The van der Waals surface area contributed by atoms with Crippen LogP contribution in [0.15, 0.2) is 36.4 Å². The number of ether oxygens (including phenoxy) is 1. The van der Waals surface area contributed by atoms with Crippen LogP contribution in [0.2, 0.25) is 0 Å². The molecule has 82 valence electrons. The maximum Gasteiger partial charge on any atom is 0.119 e. The summed E-state index contributed by atoms with van der Waals surface area (Å²) in [6, 6.07) is 10.3. The fraction of sp³-hybridized carbons (Fsp3) is 0.357. The van der Waals surface area contributed by atoms with Crippen molar-refractivity contribution in [3.8, 4) is 11.8 Å². The van der Waals surface area contributed by atoms with E-state index in [0.717, 1.165) is 24.2 Å². The first-order valence-corrected chi connectivity index (χ1v) is 5.60. The van der Waals surface area contributed by atoms with E-state index >= 15 is 0 Å². The Morgan fingerprint density at radius 2 is 1.88 bits per heavy atom. The molecule has 1 aliphatic rings. The Kier molecular flexibility index (Phi) is 2.96. The van der Waals surface area contributed by atoms with Crippen molar-refractivity contribution in [2.75, 3.05) is 6.61 Å². The molecule has 0 atom stereocenters. The van der Waals surface area contributed by atoms with Gasteiger partial charge < -0.3 is 4.74 Å². The minimum Gasteiger partial charge on any atom is -0.494 e. The summed E-state index contributed by atoms with van der Waals surface area (Å²) >= 11 is 0. The van der Waals surface area contributed by atoms with Gasteiger partial charge in [0.05, 0.1) is 18.1 Å². The van der Waals surface area contributed by atoms with E-state index in [9.17, 15) is 5.26 Å².